The monoisotopic (exact) mass is 511 g/mol. The van der Waals surface area contributed by atoms with E-state index in [-0.39, 0.29) is 12.5 Å². The number of thiophene rings is 1. The Kier molecular flexibility index (Phi) is 8.07. The first-order valence-electron chi connectivity index (χ1n) is 11.5. The van der Waals surface area contributed by atoms with Gasteiger partial charge in [-0.3, -0.25) is 9.20 Å². The van der Waals surface area contributed by atoms with Crippen LogP contribution in [-0.4, -0.2) is 47.4 Å². The number of amides is 1. The molecule has 0 fully saturated rings. The lowest BCUT2D eigenvalue weighted by atomic mass is 10.1. The van der Waals surface area contributed by atoms with E-state index in [4.69, 9.17) is 22.1 Å². The number of carbonyl (C=O) groups is 1. The third-order valence-corrected chi connectivity index (χ3v) is 7.12. The molecule has 0 bridgehead atoms. The van der Waals surface area contributed by atoms with Gasteiger partial charge in [0.2, 0.25) is 5.91 Å². The normalized spacial score (nSPS) is 12.4. The van der Waals surface area contributed by atoms with Crippen LogP contribution in [0.4, 0.5) is 0 Å². The number of nitrogens with zero attached hydrogens (tertiary/aromatic N) is 3. The van der Waals surface area contributed by atoms with Crippen LogP contribution >= 0.6 is 22.9 Å². The second kappa shape index (κ2) is 11.2. The summed E-state index contributed by atoms with van der Waals surface area (Å²) < 4.78 is 8.36. The number of hydrogen-bond donors (Lipinski definition) is 2. The summed E-state index contributed by atoms with van der Waals surface area (Å²) in [6, 6.07) is 13.6. The van der Waals surface area contributed by atoms with Crippen molar-refractivity contribution in [3.05, 3.63) is 75.9 Å². The number of pyridine rings is 1. The molecule has 0 radical (unpaired) electrons. The average molecular weight is 512 g/mol. The molecule has 1 amide bonds. The van der Waals surface area contributed by atoms with Gasteiger partial charge in [0.25, 0.3) is 0 Å². The molecule has 0 saturated heterocycles. The van der Waals surface area contributed by atoms with Crippen LogP contribution in [0.25, 0.3) is 16.2 Å². The first-order chi connectivity index (χ1) is 16.8. The smallest absolute Gasteiger partial charge is 0.222 e. The lowest BCUT2D eigenvalue weighted by Gasteiger charge is -2.16. The van der Waals surface area contributed by atoms with Gasteiger partial charge in [0.15, 0.2) is 0 Å². The molecular weight excluding hydrogens is 482 g/mol. The van der Waals surface area contributed by atoms with Gasteiger partial charge in [0.1, 0.15) is 17.5 Å². The molecule has 0 aliphatic carbocycles. The van der Waals surface area contributed by atoms with Gasteiger partial charge in [-0.25, -0.2) is 4.98 Å². The minimum absolute atomic E-state index is 0.104. The Morgan fingerprint density at radius 3 is 2.83 bits per heavy atom. The number of halogens is 1. The van der Waals surface area contributed by atoms with Gasteiger partial charge in [0, 0.05) is 42.5 Å². The topological polar surface area (TPSA) is 84.9 Å². The summed E-state index contributed by atoms with van der Waals surface area (Å²) in [6.07, 6.45) is 3.76. The first-order valence-corrected chi connectivity index (χ1v) is 12.6. The highest BCUT2D eigenvalue weighted by molar-refractivity contribution is 7.15. The number of aromatic nitrogens is 2. The lowest BCUT2D eigenvalue weighted by molar-refractivity contribution is -0.117. The zero-order valence-corrected chi connectivity index (χ0v) is 21.7. The number of fused-ring (bicyclic) bond motifs is 1. The molecule has 0 saturated carbocycles. The largest absolute Gasteiger partial charge is 0.485 e. The second-order valence-corrected chi connectivity index (χ2v) is 10.3. The number of nitrogens with two attached hydrogens (primary N) is 1. The SMILES string of the molecule is C[C@@H](Oc1cc(-c2cnc3ccc(CNCCN(C)C)cn23)sc1CC(N)=O)c1ccccc1Cl. The molecular formula is C26H30ClN5O2S. The lowest BCUT2D eigenvalue weighted by Crippen LogP contribution is -2.26. The van der Waals surface area contributed by atoms with Crippen LogP contribution in [0.5, 0.6) is 5.75 Å². The van der Waals surface area contributed by atoms with Crippen molar-refractivity contribution in [1.82, 2.24) is 19.6 Å². The number of rotatable bonds is 11. The molecule has 0 spiro atoms. The number of hydrogen-bond acceptors (Lipinski definition) is 6. The third kappa shape index (κ3) is 6.21. The summed E-state index contributed by atoms with van der Waals surface area (Å²) in [7, 11) is 4.12. The zero-order chi connectivity index (χ0) is 24.9. The van der Waals surface area contributed by atoms with Crippen LogP contribution in [0, 0.1) is 0 Å². The molecule has 4 aromatic rings. The fourth-order valence-electron chi connectivity index (χ4n) is 3.83. The van der Waals surface area contributed by atoms with Crippen molar-refractivity contribution in [3.8, 4) is 16.3 Å². The number of carbonyl (C=O) groups excluding carboxylic acids is 1. The Bertz CT molecular complexity index is 1320. The van der Waals surface area contributed by atoms with Crippen LogP contribution in [0.2, 0.25) is 5.02 Å². The van der Waals surface area contributed by atoms with E-state index < -0.39 is 5.91 Å². The van der Waals surface area contributed by atoms with Gasteiger partial charge in [-0.2, -0.15) is 0 Å². The van der Waals surface area contributed by atoms with E-state index in [9.17, 15) is 4.79 Å². The van der Waals surface area contributed by atoms with E-state index in [1.54, 1.807) is 0 Å². The maximum absolute atomic E-state index is 11.8. The van der Waals surface area contributed by atoms with Crippen LogP contribution in [0.15, 0.2) is 54.9 Å². The van der Waals surface area contributed by atoms with Crippen molar-refractivity contribution in [2.75, 3.05) is 27.2 Å². The molecule has 7 nitrogen and oxygen atoms in total. The van der Waals surface area contributed by atoms with E-state index in [2.05, 4.69) is 46.0 Å². The van der Waals surface area contributed by atoms with Crippen molar-refractivity contribution in [2.24, 2.45) is 5.73 Å². The number of benzene rings is 1. The number of ether oxygens (including phenoxy) is 1. The molecule has 0 unspecified atom stereocenters. The highest BCUT2D eigenvalue weighted by Gasteiger charge is 2.20. The summed E-state index contributed by atoms with van der Waals surface area (Å²) in [6.45, 7) is 4.60. The predicted octanol–water partition coefficient (Wildman–Crippen LogP) is 4.54. The maximum atomic E-state index is 11.8. The molecule has 9 heteroatoms. The third-order valence-electron chi connectivity index (χ3n) is 5.64. The Balaban J connectivity index is 1.62. The number of primary amides is 1. The minimum atomic E-state index is -0.405. The molecule has 1 aromatic carbocycles. The number of imidazole rings is 1. The Labute approximate surface area is 214 Å². The molecule has 35 heavy (non-hydrogen) atoms. The highest BCUT2D eigenvalue weighted by Crippen LogP contribution is 2.39. The zero-order valence-electron chi connectivity index (χ0n) is 20.1. The molecule has 0 aliphatic rings. The van der Waals surface area contributed by atoms with Gasteiger partial charge in [0.05, 0.1) is 28.1 Å². The molecule has 184 valence electrons. The number of nitrogens with one attached hydrogen (secondary N) is 1. The van der Waals surface area contributed by atoms with Crippen molar-refractivity contribution >= 4 is 34.5 Å². The quantitative estimate of drug-likeness (QED) is 0.289. The van der Waals surface area contributed by atoms with Gasteiger partial charge in [-0.15, -0.1) is 11.3 Å². The van der Waals surface area contributed by atoms with E-state index in [1.807, 2.05) is 49.5 Å². The van der Waals surface area contributed by atoms with Crippen molar-refractivity contribution in [1.29, 1.82) is 0 Å². The summed E-state index contributed by atoms with van der Waals surface area (Å²) in [5, 5.41) is 4.11. The fraction of sp³-hybridized carbons (Fsp3) is 0.308. The molecule has 4 rings (SSSR count). The first kappa shape index (κ1) is 25.2. The number of likely N-dealkylation sites (N-methyl/N-ethyl adjacent to an activating group) is 1. The minimum Gasteiger partial charge on any atom is -0.485 e. The van der Waals surface area contributed by atoms with Crippen LogP contribution in [-0.2, 0) is 17.8 Å². The standard InChI is InChI=1S/C26H30ClN5O2S/c1-17(19-6-4-5-7-20(19)27)34-22-12-23(35-24(22)13-25(28)33)21-15-30-26-9-8-18(16-32(21)26)14-29-10-11-31(2)3/h4-9,12,15-17,29H,10-11,13-14H2,1-3H3,(H2,28,33)/t17-/m1/s1. The van der Waals surface area contributed by atoms with Crippen LogP contribution in [0.3, 0.4) is 0 Å². The maximum Gasteiger partial charge on any atom is 0.222 e. The Morgan fingerprint density at radius 2 is 2.09 bits per heavy atom. The van der Waals surface area contributed by atoms with E-state index >= 15 is 0 Å². The molecule has 3 heterocycles. The summed E-state index contributed by atoms with van der Waals surface area (Å²) in [4.78, 5) is 20.2. The van der Waals surface area contributed by atoms with Crippen LogP contribution in [0.1, 0.15) is 29.0 Å². The van der Waals surface area contributed by atoms with E-state index in [0.29, 0.717) is 10.8 Å². The predicted molar refractivity (Wildman–Crippen MR) is 142 cm³/mol. The van der Waals surface area contributed by atoms with Crippen molar-refractivity contribution in [3.63, 3.8) is 0 Å². The van der Waals surface area contributed by atoms with Crippen molar-refractivity contribution < 1.29 is 9.53 Å². The van der Waals surface area contributed by atoms with Gasteiger partial charge in [-0.1, -0.05) is 35.9 Å². The average Bonchev–Trinajstić information content (AvgIpc) is 3.40. The highest BCUT2D eigenvalue weighted by atomic mass is 35.5. The van der Waals surface area contributed by atoms with E-state index in [1.165, 1.54) is 11.3 Å². The summed E-state index contributed by atoms with van der Waals surface area (Å²) in [5.41, 5.74) is 9.37. The molecule has 3 N–H and O–H groups in total. The van der Waals surface area contributed by atoms with E-state index in [0.717, 1.165) is 51.9 Å². The summed E-state index contributed by atoms with van der Waals surface area (Å²) >= 11 is 7.86. The molecule has 3 aromatic heterocycles. The Hall–Kier alpha value is -2.91. The Morgan fingerprint density at radius 1 is 1.29 bits per heavy atom. The fourth-order valence-corrected chi connectivity index (χ4v) is 5.22. The van der Waals surface area contributed by atoms with Gasteiger partial charge >= 0.3 is 0 Å². The van der Waals surface area contributed by atoms with Crippen LogP contribution < -0.4 is 15.8 Å². The van der Waals surface area contributed by atoms with Gasteiger partial charge in [-0.05, 0) is 38.7 Å². The van der Waals surface area contributed by atoms with Gasteiger partial charge < -0.3 is 20.7 Å². The second-order valence-electron chi connectivity index (χ2n) is 8.71. The van der Waals surface area contributed by atoms with Crippen molar-refractivity contribution in [2.45, 2.75) is 26.0 Å². The molecule has 1 atom stereocenters. The molecule has 0 aliphatic heterocycles. The summed E-state index contributed by atoms with van der Waals surface area (Å²) in [5.74, 6) is 0.227.